The summed E-state index contributed by atoms with van der Waals surface area (Å²) in [4.78, 5) is 22.5. The zero-order valence-corrected chi connectivity index (χ0v) is 30.9. The van der Waals surface area contributed by atoms with Crippen LogP contribution in [0, 0.1) is 25.5 Å². The van der Waals surface area contributed by atoms with Crippen molar-refractivity contribution in [1.29, 1.82) is 0 Å². The number of benzene rings is 3. The Bertz CT molecular complexity index is 2260. The Morgan fingerprint density at radius 1 is 1.08 bits per heavy atom. The Hall–Kier alpha value is -5.17. The van der Waals surface area contributed by atoms with E-state index in [0.717, 1.165) is 73.1 Å². The molecule has 0 radical (unpaired) electrons. The summed E-state index contributed by atoms with van der Waals surface area (Å²) in [5, 5.41) is 10.6. The van der Waals surface area contributed by atoms with Crippen molar-refractivity contribution in [2.75, 3.05) is 38.7 Å². The zero-order chi connectivity index (χ0) is 37.5. The molecule has 3 aromatic heterocycles. The Morgan fingerprint density at radius 2 is 1.87 bits per heavy atom. The number of hydrogen-bond acceptors (Lipinski definition) is 8. The molecule has 0 amide bonds. The van der Waals surface area contributed by atoms with Gasteiger partial charge in [-0.2, -0.15) is 5.10 Å². The van der Waals surface area contributed by atoms with E-state index < -0.39 is 5.82 Å². The van der Waals surface area contributed by atoms with E-state index >= 15 is 0 Å². The highest BCUT2D eigenvalue weighted by atomic mass is 35.5. The summed E-state index contributed by atoms with van der Waals surface area (Å²) < 4.78 is 40.3. The molecule has 3 aromatic carbocycles. The standard InChI is InChI=1S/C27H27ClFN5O.C10H9FN2O.C3H6O/c1-30-21-8-9-25-24(15-21)31-26(33(25)2)16-34-12-10-18(11-13-34)23-4-3-5-27(32-23)35-17-19-6-7-20(28)14-22(19)29;1-5-3-7(4-14)9(11)8-6(2)12-13-10(5)8;1-2-4-3-1/h3-10,14-15,30H,11-13,16-17H2,1-2H3;3-4H,1-2H3,(H,12,13);1-3H2. The molecule has 2 N–H and O–H groups in total. The van der Waals surface area contributed by atoms with Crippen LogP contribution in [0.5, 0.6) is 5.88 Å². The summed E-state index contributed by atoms with van der Waals surface area (Å²) in [6.07, 6.45) is 4.90. The van der Waals surface area contributed by atoms with Crippen molar-refractivity contribution in [3.63, 3.8) is 0 Å². The first-order chi connectivity index (χ1) is 25.6. The number of aryl methyl sites for hydroxylation is 3. The van der Waals surface area contributed by atoms with Crippen molar-refractivity contribution in [2.24, 2.45) is 7.05 Å². The van der Waals surface area contributed by atoms with Crippen LogP contribution in [0.3, 0.4) is 0 Å². The number of aldehydes is 1. The molecule has 1 fully saturated rings. The van der Waals surface area contributed by atoms with Crippen LogP contribution in [-0.2, 0) is 24.9 Å². The molecule has 2 aliphatic rings. The van der Waals surface area contributed by atoms with Gasteiger partial charge in [-0.1, -0.05) is 29.8 Å². The van der Waals surface area contributed by atoms with E-state index in [4.69, 9.17) is 26.1 Å². The third-order valence-electron chi connectivity index (χ3n) is 9.23. The number of aromatic nitrogens is 5. The summed E-state index contributed by atoms with van der Waals surface area (Å²) in [5.74, 6) is 0.646. The summed E-state index contributed by atoms with van der Waals surface area (Å²) >= 11 is 5.82. The minimum absolute atomic E-state index is 0.0829. The Balaban J connectivity index is 0.000000218. The molecular formula is C40H42ClF2N7O3. The molecule has 53 heavy (non-hydrogen) atoms. The SMILES string of the molecule is C1COC1.CNc1ccc2c(c1)nc(CN1CC=C(c3cccc(OCc4ccc(Cl)cc4F)n3)CC1)n2C.Cc1cc(C=O)c(F)c2c(C)[nH]nc12. The van der Waals surface area contributed by atoms with Gasteiger partial charge >= 0.3 is 0 Å². The number of carbonyl (C=O) groups excluding carboxylic acids is 1. The van der Waals surface area contributed by atoms with Crippen LogP contribution >= 0.6 is 11.6 Å². The molecule has 2 aliphatic heterocycles. The number of nitrogens with zero attached hydrogens (tertiary/aromatic N) is 5. The highest BCUT2D eigenvalue weighted by Gasteiger charge is 2.18. The van der Waals surface area contributed by atoms with Gasteiger partial charge in [-0.15, -0.1) is 0 Å². The number of aromatic amines is 1. The summed E-state index contributed by atoms with van der Waals surface area (Å²) in [6, 6.07) is 18.0. The number of rotatable bonds is 8. The van der Waals surface area contributed by atoms with Gasteiger partial charge in [0.2, 0.25) is 5.88 Å². The molecule has 0 spiro atoms. The Kier molecular flexibility index (Phi) is 12.1. The average molecular weight is 742 g/mol. The predicted molar refractivity (Wildman–Crippen MR) is 204 cm³/mol. The van der Waals surface area contributed by atoms with Crippen LogP contribution < -0.4 is 10.1 Å². The quantitative estimate of drug-likeness (QED) is 0.150. The van der Waals surface area contributed by atoms with Crippen LogP contribution in [0.1, 0.15) is 51.5 Å². The smallest absolute Gasteiger partial charge is 0.214 e. The number of nitrogens with one attached hydrogen (secondary N) is 2. The molecule has 8 rings (SSSR count). The number of anilines is 1. The van der Waals surface area contributed by atoms with Crippen LogP contribution in [-0.4, -0.2) is 69.3 Å². The lowest BCUT2D eigenvalue weighted by Crippen LogP contribution is -2.29. The molecule has 13 heteroatoms. The maximum atomic E-state index is 14.0. The number of hydrogen-bond donors (Lipinski definition) is 2. The third kappa shape index (κ3) is 8.90. The number of pyridine rings is 1. The fourth-order valence-electron chi connectivity index (χ4n) is 6.02. The molecule has 10 nitrogen and oxygen atoms in total. The van der Waals surface area contributed by atoms with E-state index in [-0.39, 0.29) is 18.0 Å². The van der Waals surface area contributed by atoms with E-state index in [2.05, 4.69) is 61.3 Å². The van der Waals surface area contributed by atoms with Gasteiger partial charge in [0.25, 0.3) is 0 Å². The first-order valence-corrected chi connectivity index (χ1v) is 17.8. The molecule has 5 heterocycles. The minimum atomic E-state index is -0.494. The van der Waals surface area contributed by atoms with Crippen molar-refractivity contribution >= 4 is 51.1 Å². The molecule has 0 aliphatic carbocycles. The third-order valence-corrected chi connectivity index (χ3v) is 9.47. The van der Waals surface area contributed by atoms with Crippen molar-refractivity contribution < 1.29 is 23.0 Å². The van der Waals surface area contributed by atoms with Gasteiger partial charge in [0.15, 0.2) is 6.29 Å². The molecular weight excluding hydrogens is 700 g/mol. The lowest BCUT2D eigenvalue weighted by atomic mass is 10.0. The second kappa shape index (κ2) is 17.1. The predicted octanol–water partition coefficient (Wildman–Crippen LogP) is 8.21. The van der Waals surface area contributed by atoms with Crippen molar-refractivity contribution in [3.8, 4) is 5.88 Å². The summed E-state index contributed by atoms with van der Waals surface area (Å²) in [5.41, 5.74) is 7.83. The molecule has 0 unspecified atom stereocenters. The number of ether oxygens (including phenoxy) is 2. The molecule has 0 saturated carbocycles. The van der Waals surface area contributed by atoms with Crippen molar-refractivity contribution in [2.45, 2.75) is 39.8 Å². The molecule has 0 atom stereocenters. The van der Waals surface area contributed by atoms with Gasteiger partial charge in [0.05, 0.1) is 39.7 Å². The second-order valence-corrected chi connectivity index (χ2v) is 13.3. The number of fused-ring (bicyclic) bond motifs is 2. The van der Waals surface area contributed by atoms with Crippen molar-refractivity contribution in [1.82, 2.24) is 29.6 Å². The number of halogens is 3. The number of H-pyrrole nitrogens is 1. The van der Waals surface area contributed by atoms with Crippen LogP contribution in [0.15, 0.2) is 66.7 Å². The second-order valence-electron chi connectivity index (χ2n) is 12.9. The first kappa shape index (κ1) is 37.6. The summed E-state index contributed by atoms with van der Waals surface area (Å²) in [7, 11) is 3.99. The fraction of sp³-hybridized carbons (Fsp3) is 0.300. The largest absolute Gasteiger partial charge is 0.473 e. The Morgan fingerprint density at radius 3 is 2.55 bits per heavy atom. The highest BCUT2D eigenvalue weighted by molar-refractivity contribution is 6.30. The van der Waals surface area contributed by atoms with Crippen LogP contribution in [0.2, 0.25) is 5.02 Å². The van der Waals surface area contributed by atoms with Gasteiger partial charge in [0, 0.05) is 68.4 Å². The van der Waals surface area contributed by atoms with Crippen LogP contribution in [0.25, 0.3) is 27.5 Å². The molecule has 276 valence electrons. The van der Waals surface area contributed by atoms with Gasteiger partial charge in [0.1, 0.15) is 24.1 Å². The number of imidazole rings is 1. The fourth-order valence-corrected chi connectivity index (χ4v) is 6.18. The van der Waals surface area contributed by atoms with E-state index in [0.29, 0.717) is 39.3 Å². The van der Waals surface area contributed by atoms with Gasteiger partial charge < -0.3 is 19.4 Å². The van der Waals surface area contributed by atoms with E-state index in [1.165, 1.54) is 24.1 Å². The topological polar surface area (TPSA) is 110 Å². The normalized spacial score (nSPS) is 14.1. The minimum Gasteiger partial charge on any atom is -0.473 e. The van der Waals surface area contributed by atoms with E-state index in [9.17, 15) is 13.6 Å². The van der Waals surface area contributed by atoms with Gasteiger partial charge in [-0.3, -0.25) is 14.8 Å². The maximum Gasteiger partial charge on any atom is 0.214 e. The van der Waals surface area contributed by atoms with Crippen molar-refractivity contribution in [3.05, 3.63) is 117 Å². The Labute approximate surface area is 311 Å². The van der Waals surface area contributed by atoms with E-state index in [1.54, 1.807) is 32.0 Å². The monoisotopic (exact) mass is 741 g/mol. The lowest BCUT2D eigenvalue weighted by molar-refractivity contribution is 0.0367. The maximum absolute atomic E-state index is 14.0. The molecule has 6 aromatic rings. The highest BCUT2D eigenvalue weighted by Crippen LogP contribution is 2.27. The lowest BCUT2D eigenvalue weighted by Gasteiger charge is -2.25. The first-order valence-electron chi connectivity index (χ1n) is 17.4. The zero-order valence-electron chi connectivity index (χ0n) is 30.2. The van der Waals surface area contributed by atoms with Crippen LogP contribution in [0.4, 0.5) is 14.5 Å². The molecule has 0 bridgehead atoms. The van der Waals surface area contributed by atoms with Gasteiger partial charge in [-0.25, -0.2) is 18.7 Å². The summed E-state index contributed by atoms with van der Waals surface area (Å²) in [6.45, 7) is 8.15. The average Bonchev–Trinajstić information content (AvgIpc) is 3.68. The van der Waals surface area contributed by atoms with Gasteiger partial charge in [-0.05, 0) is 80.3 Å². The molecule has 1 saturated heterocycles. The van der Waals surface area contributed by atoms with E-state index in [1.807, 2.05) is 19.2 Å². The number of carbonyl (C=O) groups is 1.